The van der Waals surface area contributed by atoms with Crippen LogP contribution in [0.2, 0.25) is 5.15 Å². The van der Waals surface area contributed by atoms with Gasteiger partial charge >= 0.3 is 5.97 Å². The Morgan fingerprint density at radius 1 is 0.976 bits per heavy atom. The van der Waals surface area contributed by atoms with Gasteiger partial charge in [0.25, 0.3) is 5.91 Å². The molecule has 2 N–H and O–H groups in total. The number of amides is 2. The van der Waals surface area contributed by atoms with Gasteiger partial charge in [-0.3, -0.25) is 14.4 Å². The highest BCUT2D eigenvalue weighted by atomic mass is 35.5. The van der Waals surface area contributed by atoms with Crippen molar-refractivity contribution in [2.24, 2.45) is 5.92 Å². The summed E-state index contributed by atoms with van der Waals surface area (Å²) in [5.74, 6) is -2.08. The zero-order valence-electron chi connectivity index (χ0n) is 25.0. The van der Waals surface area contributed by atoms with Crippen LogP contribution >= 0.6 is 11.6 Å². The van der Waals surface area contributed by atoms with Crippen LogP contribution in [0, 0.1) is 38.3 Å². The molecule has 2 aromatic carbocycles. The topological polar surface area (TPSA) is 97.4 Å². The fraction of sp³-hybridized carbons (Fsp3) is 0.375. The average Bonchev–Trinajstić information content (AvgIpc) is 2.88. The van der Waals surface area contributed by atoms with Gasteiger partial charge in [-0.2, -0.15) is 0 Å². The third kappa shape index (κ3) is 10.2. The predicted molar refractivity (Wildman–Crippen MR) is 160 cm³/mol. The van der Waals surface area contributed by atoms with Crippen LogP contribution in [0.4, 0.5) is 8.78 Å². The van der Waals surface area contributed by atoms with Crippen molar-refractivity contribution in [3.05, 3.63) is 87.2 Å². The van der Waals surface area contributed by atoms with Crippen molar-refractivity contribution in [1.82, 2.24) is 15.6 Å². The van der Waals surface area contributed by atoms with Gasteiger partial charge in [-0.05, 0) is 97.8 Å². The van der Waals surface area contributed by atoms with Crippen molar-refractivity contribution in [1.29, 1.82) is 0 Å². The van der Waals surface area contributed by atoms with Gasteiger partial charge < -0.3 is 15.4 Å². The number of hydrogen-bond donors (Lipinski definition) is 2. The van der Waals surface area contributed by atoms with E-state index >= 15 is 4.39 Å². The van der Waals surface area contributed by atoms with E-state index in [4.69, 9.17) is 16.3 Å². The minimum absolute atomic E-state index is 0.0211. The number of nitrogens with one attached hydrogen (secondary N) is 2. The SMILES string of the molecule is CC(C)C.CCOC(=O)C[C@H](NC(=O)CNC(=O)c1cccc(Cl)n1)c1cc(-c2c(C)cc(F)cc2C)cc(C)c1F. The first-order valence-electron chi connectivity index (χ1n) is 13.7. The second-order valence-corrected chi connectivity index (χ2v) is 10.9. The van der Waals surface area contributed by atoms with E-state index in [1.165, 1.54) is 30.3 Å². The molecule has 42 heavy (non-hydrogen) atoms. The molecule has 0 saturated heterocycles. The van der Waals surface area contributed by atoms with Crippen molar-refractivity contribution in [2.75, 3.05) is 13.2 Å². The molecule has 3 rings (SSSR count). The van der Waals surface area contributed by atoms with Gasteiger partial charge in [-0.1, -0.05) is 38.4 Å². The number of halogens is 3. The minimum Gasteiger partial charge on any atom is -0.466 e. The number of aryl methyl sites for hydroxylation is 3. The molecular formula is C32H38ClF2N3O4. The van der Waals surface area contributed by atoms with Crippen LogP contribution in [0.5, 0.6) is 0 Å². The Balaban J connectivity index is 0.00000144. The molecule has 3 aromatic rings. The highest BCUT2D eigenvalue weighted by molar-refractivity contribution is 6.29. The summed E-state index contributed by atoms with van der Waals surface area (Å²) in [5.41, 5.74) is 3.00. The maximum absolute atomic E-state index is 15.4. The lowest BCUT2D eigenvalue weighted by atomic mass is 9.90. The van der Waals surface area contributed by atoms with E-state index in [1.807, 2.05) is 0 Å². The van der Waals surface area contributed by atoms with E-state index in [9.17, 15) is 18.8 Å². The van der Waals surface area contributed by atoms with Gasteiger partial charge in [0.05, 0.1) is 25.6 Å². The minimum atomic E-state index is -1.09. The van der Waals surface area contributed by atoms with Crippen molar-refractivity contribution >= 4 is 29.4 Å². The number of nitrogens with zero attached hydrogens (tertiary/aromatic N) is 1. The molecular weight excluding hydrogens is 564 g/mol. The Morgan fingerprint density at radius 3 is 2.17 bits per heavy atom. The lowest BCUT2D eigenvalue weighted by molar-refractivity contribution is -0.143. The monoisotopic (exact) mass is 601 g/mol. The number of benzene rings is 2. The zero-order chi connectivity index (χ0) is 31.6. The average molecular weight is 602 g/mol. The number of carbonyl (C=O) groups excluding carboxylic acids is 3. The van der Waals surface area contributed by atoms with Crippen LogP contribution in [0.25, 0.3) is 11.1 Å². The van der Waals surface area contributed by atoms with Crippen molar-refractivity contribution < 1.29 is 27.9 Å². The maximum atomic E-state index is 15.4. The van der Waals surface area contributed by atoms with Gasteiger partial charge in [-0.15, -0.1) is 0 Å². The van der Waals surface area contributed by atoms with Crippen LogP contribution in [0.3, 0.4) is 0 Å². The molecule has 0 fully saturated rings. The number of ether oxygens (including phenoxy) is 1. The molecule has 0 unspecified atom stereocenters. The van der Waals surface area contributed by atoms with Crippen molar-refractivity contribution in [3.63, 3.8) is 0 Å². The molecule has 0 radical (unpaired) electrons. The smallest absolute Gasteiger partial charge is 0.308 e. The number of rotatable bonds is 9. The molecule has 7 nitrogen and oxygen atoms in total. The summed E-state index contributed by atoms with van der Waals surface area (Å²) in [4.78, 5) is 41.4. The summed E-state index contributed by atoms with van der Waals surface area (Å²) in [7, 11) is 0. The van der Waals surface area contributed by atoms with Gasteiger partial charge in [0, 0.05) is 5.56 Å². The van der Waals surface area contributed by atoms with E-state index < -0.39 is 36.2 Å². The van der Waals surface area contributed by atoms with Crippen LogP contribution in [-0.2, 0) is 14.3 Å². The molecule has 0 aliphatic rings. The van der Waals surface area contributed by atoms with E-state index in [-0.39, 0.29) is 40.8 Å². The van der Waals surface area contributed by atoms with E-state index in [0.717, 1.165) is 11.5 Å². The first kappa shape index (κ1) is 34.4. The first-order chi connectivity index (χ1) is 19.7. The molecule has 0 aliphatic heterocycles. The summed E-state index contributed by atoms with van der Waals surface area (Å²) < 4.78 is 34.3. The summed E-state index contributed by atoms with van der Waals surface area (Å²) >= 11 is 5.81. The van der Waals surface area contributed by atoms with Gasteiger partial charge in [0.15, 0.2) is 0 Å². The molecule has 1 aromatic heterocycles. The lowest BCUT2D eigenvalue weighted by Crippen LogP contribution is -2.40. The first-order valence-corrected chi connectivity index (χ1v) is 14.0. The molecule has 0 saturated carbocycles. The standard InChI is InChI=1S/C28H28ClF2N3O4.C4H10/c1-5-38-25(36)13-22(34-24(35)14-32-28(37)21-7-6-8-23(29)33-21)20-12-18(9-17(4)27(20)31)26-15(2)10-19(30)11-16(26)3;1-4(2)3/h6-12,22H,5,13-14H2,1-4H3,(H,32,37)(H,34,35);4H,1-3H3/t22-;/m0./s1. The highest BCUT2D eigenvalue weighted by Crippen LogP contribution is 2.33. The normalized spacial score (nSPS) is 11.3. The van der Waals surface area contributed by atoms with Gasteiger partial charge in [0.2, 0.25) is 5.91 Å². The van der Waals surface area contributed by atoms with Crippen LogP contribution in [0.1, 0.15) is 72.9 Å². The molecule has 2 amide bonds. The van der Waals surface area contributed by atoms with Crippen LogP contribution in [0.15, 0.2) is 42.5 Å². The van der Waals surface area contributed by atoms with E-state index in [0.29, 0.717) is 16.7 Å². The number of carbonyl (C=O) groups is 3. The van der Waals surface area contributed by atoms with E-state index in [2.05, 4.69) is 36.4 Å². The summed E-state index contributed by atoms with van der Waals surface area (Å²) in [6.45, 7) is 12.9. The number of aromatic nitrogens is 1. The van der Waals surface area contributed by atoms with Gasteiger partial charge in [-0.25, -0.2) is 13.8 Å². The Hall–Kier alpha value is -3.85. The summed E-state index contributed by atoms with van der Waals surface area (Å²) in [6.07, 6.45) is -0.343. The molecule has 1 atom stereocenters. The number of pyridine rings is 1. The number of esters is 1. The van der Waals surface area contributed by atoms with Gasteiger partial charge in [0.1, 0.15) is 22.5 Å². The van der Waals surface area contributed by atoms with Crippen LogP contribution < -0.4 is 10.6 Å². The maximum Gasteiger partial charge on any atom is 0.308 e. The second kappa shape index (κ2) is 16.0. The van der Waals surface area contributed by atoms with Crippen LogP contribution in [-0.4, -0.2) is 35.9 Å². The summed E-state index contributed by atoms with van der Waals surface area (Å²) in [6, 6.07) is 9.33. The summed E-state index contributed by atoms with van der Waals surface area (Å²) in [5, 5.41) is 5.17. The second-order valence-electron chi connectivity index (χ2n) is 10.5. The Kier molecular flexibility index (Phi) is 13.1. The lowest BCUT2D eigenvalue weighted by Gasteiger charge is -2.22. The molecule has 226 valence electrons. The Labute approximate surface area is 251 Å². The largest absolute Gasteiger partial charge is 0.466 e. The molecule has 0 spiro atoms. The molecule has 0 aliphatic carbocycles. The fourth-order valence-corrected chi connectivity index (χ4v) is 4.38. The number of hydrogen-bond acceptors (Lipinski definition) is 5. The Bertz CT molecular complexity index is 1400. The van der Waals surface area contributed by atoms with E-state index in [1.54, 1.807) is 39.8 Å². The van der Waals surface area contributed by atoms with Crippen molar-refractivity contribution in [2.45, 2.75) is 60.9 Å². The Morgan fingerprint density at radius 2 is 1.60 bits per heavy atom. The predicted octanol–water partition coefficient (Wildman–Crippen LogP) is 6.81. The molecule has 10 heteroatoms. The highest BCUT2D eigenvalue weighted by Gasteiger charge is 2.25. The molecule has 0 bridgehead atoms. The molecule has 1 heterocycles. The quantitative estimate of drug-likeness (QED) is 0.207. The third-order valence-electron chi connectivity index (χ3n) is 5.81. The van der Waals surface area contributed by atoms with Crippen molar-refractivity contribution in [3.8, 4) is 11.1 Å². The fourth-order valence-electron chi connectivity index (χ4n) is 4.22. The zero-order valence-corrected chi connectivity index (χ0v) is 25.8. The third-order valence-corrected chi connectivity index (χ3v) is 6.02.